The van der Waals surface area contributed by atoms with Gasteiger partial charge in [-0.25, -0.2) is 0 Å². The Balaban J connectivity index is 2.94. The molecular weight excluding hydrogens is 228 g/mol. The molecular formula is C16H25Cl. The molecule has 1 unspecified atom stereocenters. The van der Waals surface area contributed by atoms with Gasteiger partial charge in [0, 0.05) is 5.38 Å². The van der Waals surface area contributed by atoms with E-state index >= 15 is 0 Å². The molecule has 0 amide bonds. The third kappa shape index (κ3) is 4.03. The maximum atomic E-state index is 6.12. The van der Waals surface area contributed by atoms with Gasteiger partial charge in [-0.05, 0) is 35.3 Å². The van der Waals surface area contributed by atoms with Crippen molar-refractivity contribution < 1.29 is 0 Å². The smallest absolute Gasteiger partial charge is 0.0316 e. The number of hydrogen-bond acceptors (Lipinski definition) is 0. The van der Waals surface area contributed by atoms with Crippen LogP contribution in [0.1, 0.15) is 59.1 Å². The van der Waals surface area contributed by atoms with Crippen LogP contribution in [-0.2, 0) is 10.8 Å². The minimum atomic E-state index is 0.150. The lowest BCUT2D eigenvalue weighted by Gasteiger charge is -2.28. The van der Waals surface area contributed by atoms with Crippen LogP contribution in [0.2, 0.25) is 0 Å². The van der Waals surface area contributed by atoms with E-state index in [9.17, 15) is 0 Å². The molecule has 0 saturated heterocycles. The first-order valence-corrected chi connectivity index (χ1v) is 6.82. The molecule has 17 heavy (non-hydrogen) atoms. The van der Waals surface area contributed by atoms with E-state index in [4.69, 9.17) is 11.6 Å². The SMILES string of the molecule is CC(Cl)CC(C)(C)c1ccc(C(C)(C)C)cc1. The number of halogens is 1. The summed E-state index contributed by atoms with van der Waals surface area (Å²) in [6, 6.07) is 8.99. The van der Waals surface area contributed by atoms with Gasteiger partial charge >= 0.3 is 0 Å². The molecule has 0 aliphatic heterocycles. The highest BCUT2D eigenvalue weighted by molar-refractivity contribution is 6.20. The summed E-state index contributed by atoms with van der Waals surface area (Å²) in [4.78, 5) is 0. The Bertz CT molecular complexity index is 352. The van der Waals surface area contributed by atoms with Crippen molar-refractivity contribution in [2.45, 2.75) is 64.2 Å². The fourth-order valence-corrected chi connectivity index (χ4v) is 2.63. The summed E-state index contributed by atoms with van der Waals surface area (Å²) in [6.07, 6.45) is 1.00. The largest absolute Gasteiger partial charge is 0.123 e. The van der Waals surface area contributed by atoms with Gasteiger partial charge in [0.05, 0.1) is 0 Å². The Morgan fingerprint density at radius 3 is 1.71 bits per heavy atom. The Kier molecular flexibility index (Phi) is 4.30. The average Bonchev–Trinajstić information content (AvgIpc) is 2.14. The van der Waals surface area contributed by atoms with Crippen molar-refractivity contribution in [1.29, 1.82) is 0 Å². The van der Waals surface area contributed by atoms with E-state index in [-0.39, 0.29) is 16.2 Å². The molecule has 0 aromatic heterocycles. The average molecular weight is 253 g/mol. The predicted molar refractivity (Wildman–Crippen MR) is 78.1 cm³/mol. The Morgan fingerprint density at radius 1 is 0.941 bits per heavy atom. The first kappa shape index (κ1) is 14.6. The fraction of sp³-hybridized carbons (Fsp3) is 0.625. The van der Waals surface area contributed by atoms with Gasteiger partial charge in [-0.2, -0.15) is 0 Å². The zero-order valence-corrected chi connectivity index (χ0v) is 12.7. The highest BCUT2D eigenvalue weighted by Gasteiger charge is 2.23. The highest BCUT2D eigenvalue weighted by atomic mass is 35.5. The highest BCUT2D eigenvalue weighted by Crippen LogP contribution is 2.31. The van der Waals surface area contributed by atoms with Crippen LogP contribution in [0.25, 0.3) is 0 Å². The van der Waals surface area contributed by atoms with E-state index in [1.807, 2.05) is 0 Å². The van der Waals surface area contributed by atoms with E-state index in [0.717, 1.165) is 6.42 Å². The molecule has 0 aliphatic carbocycles. The van der Waals surface area contributed by atoms with Crippen molar-refractivity contribution in [3.05, 3.63) is 35.4 Å². The molecule has 1 aromatic carbocycles. The molecule has 0 saturated carbocycles. The zero-order chi connectivity index (χ0) is 13.3. The van der Waals surface area contributed by atoms with E-state index in [1.165, 1.54) is 11.1 Å². The molecule has 0 aliphatic rings. The van der Waals surface area contributed by atoms with Crippen molar-refractivity contribution >= 4 is 11.6 Å². The molecule has 0 nitrogen and oxygen atoms in total. The molecule has 1 aromatic rings. The molecule has 1 rings (SSSR count). The van der Waals surface area contributed by atoms with Crippen LogP contribution in [0.4, 0.5) is 0 Å². The Morgan fingerprint density at radius 2 is 1.35 bits per heavy atom. The lowest BCUT2D eigenvalue weighted by Crippen LogP contribution is -2.21. The van der Waals surface area contributed by atoms with Crippen LogP contribution in [0.5, 0.6) is 0 Å². The molecule has 1 heteroatoms. The van der Waals surface area contributed by atoms with E-state index in [1.54, 1.807) is 0 Å². The summed E-state index contributed by atoms with van der Waals surface area (Å²) >= 11 is 6.12. The fourth-order valence-electron chi connectivity index (χ4n) is 2.24. The normalized spacial score (nSPS) is 14.8. The van der Waals surface area contributed by atoms with Gasteiger partial charge in [-0.3, -0.25) is 0 Å². The first-order valence-electron chi connectivity index (χ1n) is 6.38. The Hall–Kier alpha value is -0.490. The van der Waals surface area contributed by atoms with Crippen LogP contribution in [0, 0.1) is 0 Å². The second-order valence-corrected chi connectivity index (χ2v) is 7.44. The van der Waals surface area contributed by atoms with Gasteiger partial charge < -0.3 is 0 Å². The first-order chi connectivity index (χ1) is 7.63. The third-order valence-corrected chi connectivity index (χ3v) is 3.48. The quantitative estimate of drug-likeness (QED) is 0.642. The van der Waals surface area contributed by atoms with Crippen LogP contribution in [0.15, 0.2) is 24.3 Å². The van der Waals surface area contributed by atoms with Crippen molar-refractivity contribution in [1.82, 2.24) is 0 Å². The minimum absolute atomic E-state index is 0.150. The second kappa shape index (κ2) is 5.02. The van der Waals surface area contributed by atoms with Gasteiger partial charge in [0.15, 0.2) is 0 Å². The number of alkyl halides is 1. The second-order valence-electron chi connectivity index (χ2n) is 6.70. The van der Waals surface area contributed by atoms with Gasteiger partial charge in [-0.1, -0.05) is 58.9 Å². The van der Waals surface area contributed by atoms with Crippen molar-refractivity contribution in [2.24, 2.45) is 0 Å². The molecule has 96 valence electrons. The van der Waals surface area contributed by atoms with Gasteiger partial charge in [0.1, 0.15) is 0 Å². The minimum Gasteiger partial charge on any atom is -0.123 e. The molecule has 0 N–H and O–H groups in total. The van der Waals surface area contributed by atoms with Gasteiger partial charge in [0.25, 0.3) is 0 Å². The van der Waals surface area contributed by atoms with Crippen molar-refractivity contribution in [2.75, 3.05) is 0 Å². The van der Waals surface area contributed by atoms with Crippen molar-refractivity contribution in [3.8, 4) is 0 Å². The van der Waals surface area contributed by atoms with Crippen LogP contribution >= 0.6 is 11.6 Å². The monoisotopic (exact) mass is 252 g/mol. The van der Waals surface area contributed by atoms with Crippen molar-refractivity contribution in [3.63, 3.8) is 0 Å². The standard InChI is InChI=1S/C16H25Cl/c1-12(17)11-16(5,6)14-9-7-13(8-10-14)15(2,3)4/h7-10,12H,11H2,1-6H3. The number of hydrogen-bond donors (Lipinski definition) is 0. The lowest BCUT2D eigenvalue weighted by molar-refractivity contribution is 0.476. The summed E-state index contributed by atoms with van der Waals surface area (Å²) in [6.45, 7) is 13.3. The Labute approximate surface area is 111 Å². The summed E-state index contributed by atoms with van der Waals surface area (Å²) in [7, 11) is 0. The van der Waals surface area contributed by atoms with E-state index in [2.05, 4.69) is 65.8 Å². The topological polar surface area (TPSA) is 0 Å². The molecule has 1 atom stereocenters. The summed E-state index contributed by atoms with van der Waals surface area (Å²) < 4.78 is 0. The molecule has 0 bridgehead atoms. The number of rotatable bonds is 3. The summed E-state index contributed by atoms with van der Waals surface area (Å²) in [5, 5.41) is 0.215. The molecule has 0 spiro atoms. The molecule has 0 radical (unpaired) electrons. The van der Waals surface area contributed by atoms with Crippen LogP contribution in [-0.4, -0.2) is 5.38 Å². The van der Waals surface area contributed by atoms with Gasteiger partial charge in [-0.15, -0.1) is 11.6 Å². The van der Waals surface area contributed by atoms with Gasteiger partial charge in [0.2, 0.25) is 0 Å². The third-order valence-electron chi connectivity index (χ3n) is 3.32. The maximum Gasteiger partial charge on any atom is 0.0316 e. The van der Waals surface area contributed by atoms with E-state index in [0.29, 0.717) is 0 Å². The molecule has 0 fully saturated rings. The van der Waals surface area contributed by atoms with E-state index < -0.39 is 0 Å². The zero-order valence-electron chi connectivity index (χ0n) is 12.0. The lowest BCUT2D eigenvalue weighted by atomic mass is 9.78. The predicted octanol–water partition coefficient (Wildman–Crippen LogP) is 5.28. The molecule has 0 heterocycles. The summed E-state index contributed by atoms with van der Waals surface area (Å²) in [5.41, 5.74) is 3.13. The number of benzene rings is 1. The van der Waals surface area contributed by atoms with Crippen LogP contribution < -0.4 is 0 Å². The summed E-state index contributed by atoms with van der Waals surface area (Å²) in [5.74, 6) is 0. The maximum absolute atomic E-state index is 6.12. The van der Waals surface area contributed by atoms with Crippen LogP contribution in [0.3, 0.4) is 0 Å².